The molecule has 0 atom stereocenters. The summed E-state index contributed by atoms with van der Waals surface area (Å²) in [5, 5.41) is 3.83. The van der Waals surface area contributed by atoms with E-state index in [1.165, 1.54) is 6.08 Å². The molecule has 1 amide bonds. The van der Waals surface area contributed by atoms with Crippen LogP contribution >= 0.6 is 0 Å². The number of aryl methyl sites for hydroxylation is 1. The molecule has 3 aromatic rings. The first kappa shape index (κ1) is 15.3. The summed E-state index contributed by atoms with van der Waals surface area (Å²) in [7, 11) is 0. The molecule has 1 aliphatic heterocycles. The van der Waals surface area contributed by atoms with Crippen LogP contribution < -0.4 is 14.8 Å². The summed E-state index contributed by atoms with van der Waals surface area (Å²) in [5.41, 5.74) is 2.43. The van der Waals surface area contributed by atoms with Gasteiger partial charge >= 0.3 is 0 Å². The molecular weight excluding hydrogens is 318 g/mol. The van der Waals surface area contributed by atoms with Crippen molar-refractivity contribution in [3.05, 3.63) is 59.9 Å². The lowest BCUT2D eigenvalue weighted by molar-refractivity contribution is -0.111. The van der Waals surface area contributed by atoms with Gasteiger partial charge in [0.25, 0.3) is 0 Å². The molecule has 1 aliphatic rings. The van der Waals surface area contributed by atoms with Crippen molar-refractivity contribution in [1.82, 2.24) is 0 Å². The number of benzene rings is 2. The molecule has 2 aromatic carbocycles. The number of ether oxygens (including phenoxy) is 2. The number of fused-ring (bicyclic) bond motifs is 2. The molecule has 126 valence electrons. The molecule has 0 saturated heterocycles. The van der Waals surface area contributed by atoms with Gasteiger partial charge in [-0.05, 0) is 24.3 Å². The van der Waals surface area contributed by atoms with Crippen LogP contribution in [0.4, 0.5) is 5.69 Å². The molecule has 5 heteroatoms. The number of carbonyl (C=O) groups excluding carboxylic acids is 1. The van der Waals surface area contributed by atoms with Gasteiger partial charge in [0.1, 0.15) is 11.3 Å². The van der Waals surface area contributed by atoms with Crippen LogP contribution in [0.3, 0.4) is 0 Å². The number of amides is 1. The average molecular weight is 335 g/mol. The predicted molar refractivity (Wildman–Crippen MR) is 95.8 cm³/mol. The average Bonchev–Trinajstić information content (AvgIpc) is 3.23. The quantitative estimate of drug-likeness (QED) is 0.719. The minimum Gasteiger partial charge on any atom is -0.460 e. The van der Waals surface area contributed by atoms with Crippen molar-refractivity contribution in [2.75, 3.05) is 12.1 Å². The van der Waals surface area contributed by atoms with Crippen LogP contribution in [0.5, 0.6) is 11.5 Å². The Kier molecular flexibility index (Phi) is 3.90. The highest BCUT2D eigenvalue weighted by Gasteiger charge is 2.14. The van der Waals surface area contributed by atoms with E-state index in [4.69, 9.17) is 13.9 Å². The molecule has 0 bridgehead atoms. The molecule has 0 saturated carbocycles. The third-order valence-corrected chi connectivity index (χ3v) is 4.07. The number of para-hydroxylation sites is 1. The van der Waals surface area contributed by atoms with Gasteiger partial charge in [0.05, 0.1) is 0 Å². The molecule has 4 rings (SSSR count). The standard InChI is InChI=1S/C20H17NO4/c1-2-16-15(14-5-3-4-6-17(14)25-16)8-10-20(22)21-13-7-9-18-19(11-13)24-12-23-18/h3-11H,2,12H2,1H3,(H,21,22). The molecule has 5 nitrogen and oxygen atoms in total. The molecular formula is C20H17NO4. The van der Waals surface area contributed by atoms with Gasteiger partial charge in [0.2, 0.25) is 12.7 Å². The molecule has 2 heterocycles. The highest BCUT2D eigenvalue weighted by molar-refractivity contribution is 6.03. The lowest BCUT2D eigenvalue weighted by Gasteiger charge is -2.03. The first-order valence-corrected chi connectivity index (χ1v) is 8.13. The maximum absolute atomic E-state index is 12.2. The summed E-state index contributed by atoms with van der Waals surface area (Å²) in [5.74, 6) is 1.97. The van der Waals surface area contributed by atoms with Crippen molar-refractivity contribution >= 4 is 28.6 Å². The van der Waals surface area contributed by atoms with Crippen molar-refractivity contribution < 1.29 is 18.7 Å². The molecule has 0 aliphatic carbocycles. The fourth-order valence-corrected chi connectivity index (χ4v) is 2.88. The highest BCUT2D eigenvalue weighted by Crippen LogP contribution is 2.34. The van der Waals surface area contributed by atoms with E-state index in [9.17, 15) is 4.79 Å². The Morgan fingerprint density at radius 1 is 1.16 bits per heavy atom. The summed E-state index contributed by atoms with van der Waals surface area (Å²) < 4.78 is 16.4. The predicted octanol–water partition coefficient (Wildman–Crippen LogP) is 4.38. The maximum Gasteiger partial charge on any atom is 0.248 e. The first-order valence-electron chi connectivity index (χ1n) is 8.13. The molecule has 1 aromatic heterocycles. The Morgan fingerprint density at radius 3 is 2.88 bits per heavy atom. The van der Waals surface area contributed by atoms with Gasteiger partial charge < -0.3 is 19.2 Å². The van der Waals surface area contributed by atoms with Crippen LogP contribution in [0.15, 0.2) is 53.0 Å². The molecule has 1 N–H and O–H groups in total. The second kappa shape index (κ2) is 6.36. The van der Waals surface area contributed by atoms with Gasteiger partial charge in [-0.15, -0.1) is 0 Å². The Labute approximate surface area is 144 Å². The fraction of sp³-hybridized carbons (Fsp3) is 0.150. The SMILES string of the molecule is CCc1oc2ccccc2c1C=CC(=O)Nc1ccc2c(c1)OCO2. The van der Waals surface area contributed by atoms with Gasteiger partial charge in [-0.25, -0.2) is 0 Å². The van der Waals surface area contributed by atoms with E-state index in [1.807, 2.05) is 31.2 Å². The number of rotatable bonds is 4. The Balaban J connectivity index is 1.55. The van der Waals surface area contributed by atoms with Crippen molar-refractivity contribution in [2.45, 2.75) is 13.3 Å². The lowest BCUT2D eigenvalue weighted by Crippen LogP contribution is -2.07. The zero-order valence-electron chi connectivity index (χ0n) is 13.7. The van der Waals surface area contributed by atoms with Crippen LogP contribution in [0.2, 0.25) is 0 Å². The minimum atomic E-state index is -0.216. The maximum atomic E-state index is 12.2. The Bertz CT molecular complexity index is 971. The van der Waals surface area contributed by atoms with Gasteiger partial charge in [0, 0.05) is 35.2 Å². The number of hydrogen-bond acceptors (Lipinski definition) is 4. The first-order chi connectivity index (χ1) is 12.2. The zero-order chi connectivity index (χ0) is 17.2. The van der Waals surface area contributed by atoms with Gasteiger partial charge in [0.15, 0.2) is 11.5 Å². The lowest BCUT2D eigenvalue weighted by atomic mass is 10.1. The van der Waals surface area contributed by atoms with Crippen LogP contribution in [-0.2, 0) is 11.2 Å². The molecule has 0 spiro atoms. The molecule has 0 unspecified atom stereocenters. The van der Waals surface area contributed by atoms with Crippen LogP contribution in [0, 0.1) is 0 Å². The third kappa shape index (κ3) is 2.96. The van der Waals surface area contributed by atoms with E-state index in [0.29, 0.717) is 17.2 Å². The van der Waals surface area contributed by atoms with E-state index in [1.54, 1.807) is 24.3 Å². The highest BCUT2D eigenvalue weighted by atomic mass is 16.7. The number of carbonyl (C=O) groups is 1. The molecule has 25 heavy (non-hydrogen) atoms. The monoisotopic (exact) mass is 335 g/mol. The fourth-order valence-electron chi connectivity index (χ4n) is 2.88. The molecule has 0 fully saturated rings. The summed E-state index contributed by atoms with van der Waals surface area (Å²) in [6.07, 6.45) is 4.08. The van der Waals surface area contributed by atoms with E-state index in [-0.39, 0.29) is 12.7 Å². The number of anilines is 1. The summed E-state index contributed by atoms with van der Waals surface area (Å²) >= 11 is 0. The second-order valence-corrected chi connectivity index (χ2v) is 5.68. The summed E-state index contributed by atoms with van der Waals surface area (Å²) in [6, 6.07) is 13.1. The Hall–Kier alpha value is -3.21. The Morgan fingerprint density at radius 2 is 2.00 bits per heavy atom. The number of hydrogen-bond donors (Lipinski definition) is 1. The minimum absolute atomic E-state index is 0.208. The third-order valence-electron chi connectivity index (χ3n) is 4.07. The van der Waals surface area contributed by atoms with E-state index in [2.05, 4.69) is 5.32 Å². The van der Waals surface area contributed by atoms with Crippen molar-refractivity contribution in [3.8, 4) is 11.5 Å². The van der Waals surface area contributed by atoms with Crippen molar-refractivity contribution in [3.63, 3.8) is 0 Å². The van der Waals surface area contributed by atoms with E-state index < -0.39 is 0 Å². The second-order valence-electron chi connectivity index (χ2n) is 5.68. The normalized spacial score (nSPS) is 12.8. The van der Waals surface area contributed by atoms with Gasteiger partial charge in [-0.3, -0.25) is 4.79 Å². The van der Waals surface area contributed by atoms with Crippen LogP contribution in [0.1, 0.15) is 18.2 Å². The topological polar surface area (TPSA) is 60.7 Å². The van der Waals surface area contributed by atoms with Crippen LogP contribution in [-0.4, -0.2) is 12.7 Å². The summed E-state index contributed by atoms with van der Waals surface area (Å²) in [4.78, 5) is 12.2. The molecule has 0 radical (unpaired) electrons. The van der Waals surface area contributed by atoms with Gasteiger partial charge in [-0.1, -0.05) is 25.1 Å². The largest absolute Gasteiger partial charge is 0.460 e. The van der Waals surface area contributed by atoms with E-state index in [0.717, 1.165) is 28.7 Å². The number of furan rings is 1. The zero-order valence-corrected chi connectivity index (χ0v) is 13.7. The summed E-state index contributed by atoms with van der Waals surface area (Å²) in [6.45, 7) is 2.24. The van der Waals surface area contributed by atoms with Crippen molar-refractivity contribution in [1.29, 1.82) is 0 Å². The van der Waals surface area contributed by atoms with Gasteiger partial charge in [-0.2, -0.15) is 0 Å². The van der Waals surface area contributed by atoms with E-state index >= 15 is 0 Å². The van der Waals surface area contributed by atoms with Crippen LogP contribution in [0.25, 0.3) is 17.0 Å². The smallest absolute Gasteiger partial charge is 0.248 e. The number of nitrogens with one attached hydrogen (secondary N) is 1. The van der Waals surface area contributed by atoms with Crippen molar-refractivity contribution in [2.24, 2.45) is 0 Å².